The lowest BCUT2D eigenvalue weighted by Crippen LogP contribution is -3.08. The van der Waals surface area contributed by atoms with Crippen molar-refractivity contribution in [1.82, 2.24) is 5.01 Å². The van der Waals surface area contributed by atoms with E-state index in [-0.39, 0.29) is 11.9 Å². The van der Waals surface area contributed by atoms with Crippen molar-refractivity contribution in [3.63, 3.8) is 0 Å². The number of nitrogens with zero attached hydrogens (tertiary/aromatic N) is 2. The first-order valence-corrected chi connectivity index (χ1v) is 9.97. The number of ether oxygens (including phenoxy) is 1. The number of methoxy groups -OCH3 is 1. The van der Waals surface area contributed by atoms with E-state index >= 15 is 0 Å². The molecule has 1 aromatic carbocycles. The van der Waals surface area contributed by atoms with Crippen LogP contribution in [-0.4, -0.2) is 37.3 Å². The molecule has 30 heavy (non-hydrogen) atoms. The molecule has 1 N–H and O–H groups in total. The van der Waals surface area contributed by atoms with Gasteiger partial charge in [0.05, 0.1) is 26.1 Å². The Morgan fingerprint density at radius 2 is 2.03 bits per heavy atom. The molecular formula is C23H26N3O4+. The average molecular weight is 408 g/mol. The van der Waals surface area contributed by atoms with Gasteiger partial charge >= 0.3 is 0 Å². The van der Waals surface area contributed by atoms with Crippen molar-refractivity contribution in [2.24, 2.45) is 5.10 Å². The molecule has 1 unspecified atom stereocenters. The number of carbonyl (C=O) groups is 1. The van der Waals surface area contributed by atoms with Crippen molar-refractivity contribution in [1.29, 1.82) is 0 Å². The minimum atomic E-state index is -0.247. The van der Waals surface area contributed by atoms with Crippen LogP contribution >= 0.6 is 0 Å². The van der Waals surface area contributed by atoms with Gasteiger partial charge in [0, 0.05) is 6.42 Å². The van der Waals surface area contributed by atoms with Crippen molar-refractivity contribution < 1.29 is 23.3 Å². The highest BCUT2D eigenvalue weighted by Crippen LogP contribution is 2.33. The Hall–Kier alpha value is -3.32. The Bertz CT molecular complexity index is 1020. The molecule has 2 aromatic heterocycles. The summed E-state index contributed by atoms with van der Waals surface area (Å²) in [5.41, 5.74) is 1.82. The fraction of sp³-hybridized carbons (Fsp3) is 0.304. The van der Waals surface area contributed by atoms with Gasteiger partial charge in [0.2, 0.25) is 0 Å². The molecule has 7 heteroatoms. The zero-order valence-corrected chi connectivity index (χ0v) is 17.4. The number of hydrazone groups is 1. The smallest absolute Gasteiger partial charge is 0.298 e. The third kappa shape index (κ3) is 4.31. The summed E-state index contributed by atoms with van der Waals surface area (Å²) in [6, 6.07) is 15.1. The standard InChI is InChI=1S/C23H25N3O4/c1-16-6-9-19(30-16)14-25(2)15-23(27)26-21(22-5-4-12-29-22)13-20(24-26)17-7-10-18(28-3)11-8-17/h4-12,21H,13-15H2,1-3H3/p+1/t21-/m1/s1. The van der Waals surface area contributed by atoms with E-state index in [4.69, 9.17) is 13.6 Å². The zero-order chi connectivity index (χ0) is 21.1. The number of rotatable bonds is 7. The number of benzene rings is 1. The second-order valence-electron chi connectivity index (χ2n) is 7.57. The maximum Gasteiger partial charge on any atom is 0.298 e. The normalized spacial score (nSPS) is 17.1. The summed E-state index contributed by atoms with van der Waals surface area (Å²) in [6.45, 7) is 2.85. The molecule has 0 aliphatic carbocycles. The van der Waals surface area contributed by atoms with E-state index in [1.54, 1.807) is 18.4 Å². The van der Waals surface area contributed by atoms with Gasteiger partial charge in [-0.25, -0.2) is 5.01 Å². The Morgan fingerprint density at radius 3 is 2.67 bits per heavy atom. The van der Waals surface area contributed by atoms with Crippen LogP contribution in [0.15, 0.2) is 68.7 Å². The number of nitrogens with one attached hydrogen (secondary N) is 1. The Kier molecular flexibility index (Phi) is 5.72. The summed E-state index contributed by atoms with van der Waals surface area (Å²) >= 11 is 0. The maximum atomic E-state index is 13.1. The summed E-state index contributed by atoms with van der Waals surface area (Å²) < 4.78 is 16.5. The van der Waals surface area contributed by atoms with Gasteiger partial charge in [-0.15, -0.1) is 0 Å². The molecule has 7 nitrogen and oxygen atoms in total. The van der Waals surface area contributed by atoms with Crippen LogP contribution in [0.25, 0.3) is 0 Å². The van der Waals surface area contributed by atoms with Crippen LogP contribution in [0.5, 0.6) is 5.75 Å². The molecule has 1 aliphatic heterocycles. The monoisotopic (exact) mass is 408 g/mol. The first-order chi connectivity index (χ1) is 14.5. The van der Waals surface area contributed by atoms with E-state index in [0.29, 0.717) is 19.5 Å². The Morgan fingerprint density at radius 1 is 1.23 bits per heavy atom. The molecule has 0 spiro atoms. The molecule has 0 saturated carbocycles. The first-order valence-electron chi connectivity index (χ1n) is 9.97. The van der Waals surface area contributed by atoms with E-state index in [9.17, 15) is 4.79 Å². The predicted octanol–water partition coefficient (Wildman–Crippen LogP) is 2.58. The number of likely N-dealkylation sites (N-methyl/N-ethyl adjacent to an activating group) is 1. The van der Waals surface area contributed by atoms with Crippen molar-refractivity contribution in [2.45, 2.75) is 25.9 Å². The van der Waals surface area contributed by atoms with Crippen LogP contribution < -0.4 is 9.64 Å². The molecular weight excluding hydrogens is 382 g/mol. The Balaban J connectivity index is 1.52. The summed E-state index contributed by atoms with van der Waals surface area (Å²) in [5, 5.41) is 6.24. The third-order valence-corrected chi connectivity index (χ3v) is 5.19. The van der Waals surface area contributed by atoms with Crippen LogP contribution in [0.2, 0.25) is 0 Å². The van der Waals surface area contributed by atoms with Crippen LogP contribution in [-0.2, 0) is 11.3 Å². The number of amides is 1. The Labute approximate surface area is 175 Å². The minimum absolute atomic E-state index is 0.0549. The number of hydrogen-bond acceptors (Lipinski definition) is 5. The predicted molar refractivity (Wildman–Crippen MR) is 111 cm³/mol. The van der Waals surface area contributed by atoms with Crippen molar-refractivity contribution in [2.75, 3.05) is 20.7 Å². The lowest BCUT2D eigenvalue weighted by Gasteiger charge is -2.21. The van der Waals surface area contributed by atoms with E-state index in [1.165, 1.54) is 0 Å². The molecule has 3 heterocycles. The molecule has 0 radical (unpaired) electrons. The molecule has 1 aliphatic rings. The summed E-state index contributed by atoms with van der Waals surface area (Å²) in [7, 11) is 3.61. The topological polar surface area (TPSA) is 72.6 Å². The van der Waals surface area contributed by atoms with Gasteiger partial charge in [0.15, 0.2) is 12.3 Å². The van der Waals surface area contributed by atoms with Gasteiger partial charge in [-0.1, -0.05) is 0 Å². The second kappa shape index (κ2) is 8.59. The summed E-state index contributed by atoms with van der Waals surface area (Å²) in [6.07, 6.45) is 2.22. The molecule has 0 saturated heterocycles. The van der Waals surface area contributed by atoms with E-state index in [2.05, 4.69) is 5.10 Å². The van der Waals surface area contributed by atoms with Gasteiger partial charge in [-0.05, 0) is 61.0 Å². The van der Waals surface area contributed by atoms with Gasteiger partial charge in [-0.3, -0.25) is 4.79 Å². The van der Waals surface area contributed by atoms with Crippen molar-refractivity contribution >= 4 is 11.6 Å². The quantitative estimate of drug-likeness (QED) is 0.652. The summed E-state index contributed by atoms with van der Waals surface area (Å²) in [5.74, 6) is 3.20. The highest BCUT2D eigenvalue weighted by molar-refractivity contribution is 6.03. The molecule has 0 fully saturated rings. The van der Waals surface area contributed by atoms with E-state index in [0.717, 1.165) is 39.2 Å². The first kappa shape index (κ1) is 20.0. The zero-order valence-electron chi connectivity index (χ0n) is 17.4. The summed E-state index contributed by atoms with van der Waals surface area (Å²) in [4.78, 5) is 14.2. The van der Waals surface area contributed by atoms with Crippen LogP contribution in [0, 0.1) is 6.92 Å². The van der Waals surface area contributed by atoms with Crippen LogP contribution in [0.3, 0.4) is 0 Å². The fourth-order valence-corrected chi connectivity index (χ4v) is 3.68. The molecule has 2 atom stereocenters. The largest absolute Gasteiger partial charge is 0.497 e. The number of aryl methyl sites for hydroxylation is 1. The fourth-order valence-electron chi connectivity index (χ4n) is 3.68. The third-order valence-electron chi connectivity index (χ3n) is 5.19. The SMILES string of the molecule is COc1ccc(C2=NN(C(=O)C[NH+](C)Cc3ccc(C)o3)[C@@H](c3ccco3)C2)cc1. The molecule has 0 bridgehead atoms. The molecule has 156 valence electrons. The number of hydrogen-bond donors (Lipinski definition) is 1. The second-order valence-corrected chi connectivity index (χ2v) is 7.57. The minimum Gasteiger partial charge on any atom is -0.497 e. The molecule has 1 amide bonds. The number of carbonyl (C=O) groups excluding carboxylic acids is 1. The van der Waals surface area contributed by atoms with Gasteiger partial charge in [0.25, 0.3) is 5.91 Å². The number of quaternary nitrogens is 1. The van der Waals surface area contributed by atoms with Crippen LogP contribution in [0.4, 0.5) is 0 Å². The van der Waals surface area contributed by atoms with E-state index < -0.39 is 0 Å². The highest BCUT2D eigenvalue weighted by Gasteiger charge is 2.36. The highest BCUT2D eigenvalue weighted by atomic mass is 16.5. The maximum absolute atomic E-state index is 13.1. The average Bonchev–Trinajstić information content (AvgIpc) is 3.48. The lowest BCUT2D eigenvalue weighted by atomic mass is 10.0. The molecule has 4 rings (SSSR count). The van der Waals surface area contributed by atoms with Crippen molar-refractivity contribution in [3.8, 4) is 5.75 Å². The van der Waals surface area contributed by atoms with Gasteiger partial charge in [0.1, 0.15) is 29.9 Å². The van der Waals surface area contributed by atoms with Crippen molar-refractivity contribution in [3.05, 3.63) is 77.6 Å². The molecule has 3 aromatic rings. The van der Waals surface area contributed by atoms with E-state index in [1.807, 2.05) is 62.5 Å². The number of furan rings is 2. The van der Waals surface area contributed by atoms with Gasteiger partial charge in [-0.2, -0.15) is 5.10 Å². The van der Waals surface area contributed by atoms with Gasteiger partial charge < -0.3 is 18.5 Å². The lowest BCUT2D eigenvalue weighted by molar-refractivity contribution is -0.886. The van der Waals surface area contributed by atoms with Crippen LogP contribution in [0.1, 0.15) is 35.3 Å².